The Balaban J connectivity index is 1.82. The van der Waals surface area contributed by atoms with Gasteiger partial charge >= 0.3 is 5.97 Å². The Morgan fingerprint density at radius 1 is 0.882 bits per heavy atom. The first kappa shape index (κ1) is 24.9. The molecule has 0 spiro atoms. The van der Waals surface area contributed by atoms with Crippen LogP contribution in [-0.2, 0) is 20.7 Å². The molecular formula is C27H26ClNO5. The first-order valence-corrected chi connectivity index (χ1v) is 11.0. The van der Waals surface area contributed by atoms with E-state index in [1.54, 1.807) is 38.5 Å². The van der Waals surface area contributed by atoms with Crippen LogP contribution >= 0.6 is 11.6 Å². The van der Waals surface area contributed by atoms with Crippen LogP contribution in [0.5, 0.6) is 11.5 Å². The van der Waals surface area contributed by atoms with Gasteiger partial charge in [-0.05, 0) is 28.8 Å². The number of nitrogens with one attached hydrogen (secondary N) is 1. The van der Waals surface area contributed by atoms with E-state index in [1.807, 2.05) is 48.5 Å². The van der Waals surface area contributed by atoms with Gasteiger partial charge in [-0.2, -0.15) is 0 Å². The zero-order valence-corrected chi connectivity index (χ0v) is 20.0. The van der Waals surface area contributed by atoms with Gasteiger partial charge in [0.25, 0.3) is 5.91 Å². The molecule has 1 N–H and O–H groups in total. The molecule has 3 aromatic carbocycles. The lowest BCUT2D eigenvalue weighted by molar-refractivity contribution is -0.144. The number of esters is 1. The predicted octanol–water partition coefficient (Wildman–Crippen LogP) is 4.85. The number of rotatable bonds is 9. The van der Waals surface area contributed by atoms with Crippen molar-refractivity contribution in [1.29, 1.82) is 0 Å². The molecule has 0 heterocycles. The Labute approximate surface area is 204 Å². The van der Waals surface area contributed by atoms with E-state index in [4.69, 9.17) is 25.8 Å². The second-order valence-electron chi connectivity index (χ2n) is 7.38. The number of methoxy groups -OCH3 is 3. The molecule has 0 radical (unpaired) electrons. The Bertz CT molecular complexity index is 1140. The summed E-state index contributed by atoms with van der Waals surface area (Å²) in [5, 5.41) is 2.74. The number of ether oxygens (including phenoxy) is 3. The second-order valence-corrected chi connectivity index (χ2v) is 7.59. The van der Waals surface area contributed by atoms with Crippen molar-refractivity contribution >= 4 is 29.1 Å². The third-order valence-electron chi connectivity index (χ3n) is 5.34. The van der Waals surface area contributed by atoms with Gasteiger partial charge < -0.3 is 19.5 Å². The Morgan fingerprint density at radius 2 is 1.50 bits per heavy atom. The Hall–Kier alpha value is -3.77. The van der Waals surface area contributed by atoms with Crippen LogP contribution in [-0.4, -0.2) is 39.2 Å². The van der Waals surface area contributed by atoms with Crippen LogP contribution in [0.25, 0.3) is 16.7 Å². The largest absolute Gasteiger partial charge is 0.496 e. The van der Waals surface area contributed by atoms with Crippen LogP contribution < -0.4 is 14.8 Å². The molecule has 0 bridgehead atoms. The molecule has 34 heavy (non-hydrogen) atoms. The summed E-state index contributed by atoms with van der Waals surface area (Å²) >= 11 is 5.92. The van der Waals surface area contributed by atoms with Gasteiger partial charge in [0.05, 0.1) is 32.5 Å². The Kier molecular flexibility index (Phi) is 8.71. The highest BCUT2D eigenvalue weighted by Gasteiger charge is 2.24. The van der Waals surface area contributed by atoms with Crippen LogP contribution in [0.3, 0.4) is 0 Å². The minimum Gasteiger partial charge on any atom is -0.496 e. The third kappa shape index (κ3) is 5.77. The van der Waals surface area contributed by atoms with Crippen LogP contribution in [0.15, 0.2) is 78.3 Å². The fourth-order valence-electron chi connectivity index (χ4n) is 3.61. The predicted molar refractivity (Wildman–Crippen MR) is 133 cm³/mol. The van der Waals surface area contributed by atoms with E-state index in [2.05, 4.69) is 5.32 Å². The third-order valence-corrected chi connectivity index (χ3v) is 5.56. The molecule has 0 aromatic heterocycles. The summed E-state index contributed by atoms with van der Waals surface area (Å²) in [4.78, 5) is 25.3. The fraction of sp³-hybridized carbons (Fsp3) is 0.185. The molecule has 176 valence electrons. The van der Waals surface area contributed by atoms with Gasteiger partial charge in [0.2, 0.25) is 0 Å². The smallest absolute Gasteiger partial charge is 0.328 e. The molecule has 1 atom stereocenters. The quantitative estimate of drug-likeness (QED) is 0.351. The van der Waals surface area contributed by atoms with Gasteiger partial charge in [-0.1, -0.05) is 72.3 Å². The molecule has 3 aromatic rings. The van der Waals surface area contributed by atoms with Crippen molar-refractivity contribution in [2.75, 3.05) is 21.3 Å². The summed E-state index contributed by atoms with van der Waals surface area (Å²) in [6, 6.07) is 21.3. The number of hydrogen-bond donors (Lipinski definition) is 1. The lowest BCUT2D eigenvalue weighted by Gasteiger charge is -2.18. The summed E-state index contributed by atoms with van der Waals surface area (Å²) in [6.45, 7) is 0. The average Bonchev–Trinajstić information content (AvgIpc) is 2.88. The molecule has 0 aliphatic rings. The maximum atomic E-state index is 12.9. The Morgan fingerprint density at radius 3 is 2.03 bits per heavy atom. The minimum atomic E-state index is -0.889. The molecule has 0 saturated carbocycles. The topological polar surface area (TPSA) is 73.9 Å². The minimum absolute atomic E-state index is 0.242. The van der Waals surface area contributed by atoms with Gasteiger partial charge in [-0.15, -0.1) is 0 Å². The van der Waals surface area contributed by atoms with Crippen LogP contribution in [0.2, 0.25) is 0 Å². The monoisotopic (exact) mass is 479 g/mol. The van der Waals surface area contributed by atoms with Crippen molar-refractivity contribution < 1.29 is 23.8 Å². The van der Waals surface area contributed by atoms with Crippen LogP contribution in [0.4, 0.5) is 0 Å². The average molecular weight is 480 g/mol. The van der Waals surface area contributed by atoms with Crippen molar-refractivity contribution in [3.8, 4) is 22.6 Å². The SMILES string of the molecule is COC(=O)[C@H](Cc1ccc(-c2c(OC)cccc2OC)cc1)NC(=O)C(=CCl)c1ccccc1. The highest BCUT2D eigenvalue weighted by Crippen LogP contribution is 2.38. The van der Waals surface area contributed by atoms with E-state index >= 15 is 0 Å². The lowest BCUT2D eigenvalue weighted by atomic mass is 9.99. The molecular weight excluding hydrogens is 454 g/mol. The standard InChI is InChI=1S/C27H26ClNO5/c1-32-23-10-7-11-24(33-2)25(23)20-14-12-18(13-15-20)16-22(27(31)34-3)29-26(30)21(17-28)19-8-5-4-6-9-19/h4-15,17,22H,16H2,1-3H3,(H,29,30)/t22-/m0/s1. The zero-order chi connectivity index (χ0) is 24.5. The maximum Gasteiger partial charge on any atom is 0.328 e. The summed E-state index contributed by atoms with van der Waals surface area (Å²) in [7, 11) is 4.50. The lowest BCUT2D eigenvalue weighted by Crippen LogP contribution is -2.43. The van der Waals surface area contributed by atoms with Gasteiger partial charge in [-0.25, -0.2) is 4.79 Å². The van der Waals surface area contributed by atoms with Gasteiger partial charge in [0.1, 0.15) is 17.5 Å². The molecule has 0 aliphatic heterocycles. The zero-order valence-electron chi connectivity index (χ0n) is 19.2. The van der Waals surface area contributed by atoms with E-state index in [0.29, 0.717) is 17.1 Å². The van der Waals surface area contributed by atoms with Gasteiger partial charge in [0, 0.05) is 12.0 Å². The van der Waals surface area contributed by atoms with Gasteiger partial charge in [-0.3, -0.25) is 4.79 Å². The van der Waals surface area contributed by atoms with Crippen molar-refractivity contribution in [3.05, 3.63) is 89.5 Å². The summed E-state index contributed by atoms with van der Waals surface area (Å²) in [5.41, 5.74) is 4.67. The fourth-order valence-corrected chi connectivity index (χ4v) is 3.84. The molecule has 1 amide bonds. The number of amides is 1. The molecule has 7 heteroatoms. The van der Waals surface area contributed by atoms with Crippen molar-refractivity contribution in [2.24, 2.45) is 0 Å². The normalized spacial score (nSPS) is 11.9. The molecule has 0 saturated heterocycles. The number of benzene rings is 3. The number of carbonyl (C=O) groups excluding carboxylic acids is 2. The number of halogens is 1. The van der Waals surface area contributed by atoms with Crippen LogP contribution in [0.1, 0.15) is 11.1 Å². The van der Waals surface area contributed by atoms with Crippen molar-refractivity contribution in [2.45, 2.75) is 12.5 Å². The van der Waals surface area contributed by atoms with E-state index in [1.165, 1.54) is 12.6 Å². The number of carbonyl (C=O) groups is 2. The molecule has 3 rings (SSSR count). The van der Waals surface area contributed by atoms with E-state index in [9.17, 15) is 9.59 Å². The first-order chi connectivity index (χ1) is 16.5. The highest BCUT2D eigenvalue weighted by atomic mass is 35.5. The van der Waals surface area contributed by atoms with Crippen LogP contribution in [0, 0.1) is 0 Å². The summed E-state index contributed by atoms with van der Waals surface area (Å²) in [6.07, 6.45) is 0.242. The van der Waals surface area contributed by atoms with E-state index in [0.717, 1.165) is 16.7 Å². The highest BCUT2D eigenvalue weighted by molar-refractivity contribution is 6.35. The van der Waals surface area contributed by atoms with Crippen molar-refractivity contribution in [3.63, 3.8) is 0 Å². The molecule has 0 fully saturated rings. The maximum absolute atomic E-state index is 12.9. The first-order valence-electron chi connectivity index (χ1n) is 10.6. The van der Waals surface area contributed by atoms with Crippen molar-refractivity contribution in [1.82, 2.24) is 5.32 Å². The number of hydrogen-bond acceptors (Lipinski definition) is 5. The summed E-state index contributed by atoms with van der Waals surface area (Å²) in [5.74, 6) is 0.360. The molecule has 0 aliphatic carbocycles. The molecule has 0 unspecified atom stereocenters. The molecule has 6 nitrogen and oxygen atoms in total. The van der Waals surface area contributed by atoms with Gasteiger partial charge in [0.15, 0.2) is 0 Å². The van der Waals surface area contributed by atoms with E-state index < -0.39 is 17.9 Å². The second kappa shape index (κ2) is 11.9. The van der Waals surface area contributed by atoms with E-state index in [-0.39, 0.29) is 12.0 Å². The summed E-state index contributed by atoms with van der Waals surface area (Å²) < 4.78 is 15.9.